The Labute approximate surface area is 179 Å². The summed E-state index contributed by atoms with van der Waals surface area (Å²) in [6.45, 7) is -0.392. The minimum Gasteiger partial charge on any atom is -0.465 e. The number of rotatable bonds is 6. The minimum atomic E-state index is -0.760. The molecule has 1 aliphatic heterocycles. The van der Waals surface area contributed by atoms with E-state index in [2.05, 4.69) is 5.32 Å². The van der Waals surface area contributed by atoms with E-state index in [1.807, 2.05) is 12.1 Å². The number of hydrogen-bond acceptors (Lipinski definition) is 10. The highest BCUT2D eigenvalue weighted by Crippen LogP contribution is 2.37. The number of benzene rings is 1. The molecule has 1 atom stereocenters. The summed E-state index contributed by atoms with van der Waals surface area (Å²) in [6, 6.07) is 7.26. The standard InChI is InChI=1S/C19H18N2O7S2/c1-26-18(24)14-9(15(19(25)27-2)30-16(14)20)8-28-13(22)7-12-17(23)21-10-5-3-4-6-11(10)29-12/h3-6,12H,7-8,20H2,1-2H3,(H,21,23). The molecule has 0 spiro atoms. The average Bonchev–Trinajstić information content (AvgIpc) is 3.07. The summed E-state index contributed by atoms with van der Waals surface area (Å²) in [6.07, 6.45) is -0.189. The number of methoxy groups -OCH3 is 2. The largest absolute Gasteiger partial charge is 0.465 e. The SMILES string of the molecule is COC(=O)c1sc(N)c(C(=O)OC)c1COC(=O)CC1Sc2ccccc2NC1=O. The molecule has 3 rings (SSSR count). The first-order chi connectivity index (χ1) is 14.3. The van der Waals surface area contributed by atoms with Crippen molar-refractivity contribution >= 4 is 57.6 Å². The number of thioether (sulfide) groups is 1. The van der Waals surface area contributed by atoms with Gasteiger partial charge >= 0.3 is 17.9 Å². The number of carbonyl (C=O) groups is 4. The van der Waals surface area contributed by atoms with Crippen LogP contribution in [-0.4, -0.2) is 43.3 Å². The molecule has 2 aromatic rings. The van der Waals surface area contributed by atoms with Gasteiger partial charge in [0.1, 0.15) is 22.0 Å². The molecule has 3 N–H and O–H groups in total. The molecule has 1 aliphatic rings. The second-order valence-electron chi connectivity index (χ2n) is 6.09. The summed E-state index contributed by atoms with van der Waals surface area (Å²) in [7, 11) is 2.35. The first-order valence-corrected chi connectivity index (χ1v) is 10.3. The minimum absolute atomic E-state index is 0.0434. The number of fused-ring (bicyclic) bond motifs is 1. The number of nitrogen functional groups attached to an aromatic ring is 1. The molecule has 0 bridgehead atoms. The van der Waals surface area contributed by atoms with Gasteiger partial charge in [-0.3, -0.25) is 9.59 Å². The molecular formula is C19H18N2O7S2. The van der Waals surface area contributed by atoms with E-state index >= 15 is 0 Å². The van der Waals surface area contributed by atoms with E-state index in [1.54, 1.807) is 12.1 Å². The van der Waals surface area contributed by atoms with E-state index in [9.17, 15) is 19.2 Å². The first-order valence-electron chi connectivity index (χ1n) is 8.65. The molecule has 0 saturated heterocycles. The van der Waals surface area contributed by atoms with Crippen LogP contribution in [0.1, 0.15) is 32.0 Å². The van der Waals surface area contributed by atoms with Gasteiger partial charge < -0.3 is 25.3 Å². The maximum absolute atomic E-state index is 12.4. The number of hydrogen-bond donors (Lipinski definition) is 2. The number of esters is 3. The zero-order valence-electron chi connectivity index (χ0n) is 16.1. The Bertz CT molecular complexity index is 1020. The molecular weight excluding hydrogens is 432 g/mol. The first kappa shape index (κ1) is 21.7. The predicted molar refractivity (Wildman–Crippen MR) is 111 cm³/mol. The molecule has 1 amide bonds. The van der Waals surface area contributed by atoms with Gasteiger partial charge in [-0.05, 0) is 12.1 Å². The van der Waals surface area contributed by atoms with Gasteiger partial charge in [0.05, 0.1) is 31.6 Å². The van der Waals surface area contributed by atoms with Crippen molar-refractivity contribution in [1.29, 1.82) is 0 Å². The van der Waals surface area contributed by atoms with E-state index in [4.69, 9.17) is 19.9 Å². The molecule has 0 saturated carbocycles. The second kappa shape index (κ2) is 9.18. The summed E-state index contributed by atoms with van der Waals surface area (Å²) < 4.78 is 14.7. The number of anilines is 2. The van der Waals surface area contributed by atoms with Crippen molar-refractivity contribution in [2.75, 3.05) is 25.3 Å². The summed E-state index contributed by atoms with van der Waals surface area (Å²) in [5.74, 6) is -2.45. The Morgan fingerprint density at radius 2 is 1.83 bits per heavy atom. The molecule has 9 nitrogen and oxygen atoms in total. The van der Waals surface area contributed by atoms with Gasteiger partial charge in [0.15, 0.2) is 0 Å². The van der Waals surface area contributed by atoms with E-state index < -0.39 is 29.8 Å². The monoisotopic (exact) mass is 450 g/mol. The fourth-order valence-corrected chi connectivity index (χ4v) is 4.87. The van der Waals surface area contributed by atoms with Gasteiger partial charge in [0.2, 0.25) is 5.91 Å². The van der Waals surface area contributed by atoms with E-state index in [0.29, 0.717) is 5.69 Å². The molecule has 0 fully saturated rings. The number of nitrogens with one attached hydrogen (secondary N) is 1. The van der Waals surface area contributed by atoms with Gasteiger partial charge in [0.25, 0.3) is 0 Å². The number of para-hydroxylation sites is 1. The third-order valence-electron chi connectivity index (χ3n) is 4.23. The summed E-state index contributed by atoms with van der Waals surface area (Å²) in [5.41, 5.74) is 6.59. The quantitative estimate of drug-likeness (QED) is 0.503. The highest BCUT2D eigenvalue weighted by Gasteiger charge is 2.31. The van der Waals surface area contributed by atoms with Crippen LogP contribution < -0.4 is 11.1 Å². The molecule has 11 heteroatoms. The van der Waals surface area contributed by atoms with Crippen LogP contribution in [0.15, 0.2) is 29.2 Å². The van der Waals surface area contributed by atoms with Crippen molar-refractivity contribution < 1.29 is 33.4 Å². The molecule has 2 heterocycles. The molecule has 0 radical (unpaired) electrons. The topological polar surface area (TPSA) is 134 Å². The number of thiophene rings is 1. The lowest BCUT2D eigenvalue weighted by Crippen LogP contribution is -2.31. The van der Waals surface area contributed by atoms with Crippen LogP contribution in [0.25, 0.3) is 0 Å². The van der Waals surface area contributed by atoms with Gasteiger partial charge in [-0.1, -0.05) is 12.1 Å². The van der Waals surface area contributed by atoms with E-state index in [1.165, 1.54) is 26.0 Å². The van der Waals surface area contributed by atoms with Crippen molar-refractivity contribution in [2.45, 2.75) is 23.2 Å². The molecule has 1 unspecified atom stereocenters. The lowest BCUT2D eigenvalue weighted by atomic mass is 10.1. The number of carbonyl (C=O) groups excluding carboxylic acids is 4. The number of ether oxygens (including phenoxy) is 3. The van der Waals surface area contributed by atoms with Crippen LogP contribution in [-0.2, 0) is 30.4 Å². The molecule has 30 heavy (non-hydrogen) atoms. The summed E-state index contributed by atoms with van der Waals surface area (Å²) >= 11 is 2.10. The van der Waals surface area contributed by atoms with E-state index in [0.717, 1.165) is 16.2 Å². The van der Waals surface area contributed by atoms with Crippen LogP contribution in [0.5, 0.6) is 0 Å². The fraction of sp³-hybridized carbons (Fsp3) is 0.263. The lowest BCUT2D eigenvalue weighted by molar-refractivity contribution is -0.145. The Morgan fingerprint density at radius 3 is 2.53 bits per heavy atom. The second-order valence-corrected chi connectivity index (χ2v) is 8.39. The van der Waals surface area contributed by atoms with Gasteiger partial charge in [0, 0.05) is 10.5 Å². The predicted octanol–water partition coefficient (Wildman–Crippen LogP) is 2.45. The van der Waals surface area contributed by atoms with Crippen molar-refractivity contribution in [3.05, 3.63) is 40.3 Å². The average molecular weight is 450 g/mol. The van der Waals surface area contributed by atoms with E-state index in [-0.39, 0.29) is 33.3 Å². The molecule has 1 aromatic heterocycles. The van der Waals surface area contributed by atoms with Crippen molar-refractivity contribution in [3.8, 4) is 0 Å². The van der Waals surface area contributed by atoms with Gasteiger partial charge in [-0.2, -0.15) is 0 Å². The van der Waals surface area contributed by atoms with Crippen molar-refractivity contribution in [3.63, 3.8) is 0 Å². The molecule has 158 valence electrons. The lowest BCUT2D eigenvalue weighted by Gasteiger charge is -2.23. The van der Waals surface area contributed by atoms with Gasteiger partial charge in [-0.25, -0.2) is 9.59 Å². The Balaban J connectivity index is 1.72. The normalized spacial score (nSPS) is 15.0. The fourth-order valence-electron chi connectivity index (χ4n) is 2.80. The molecule has 1 aromatic carbocycles. The van der Waals surface area contributed by atoms with Crippen LogP contribution in [0.2, 0.25) is 0 Å². The Morgan fingerprint density at radius 1 is 1.13 bits per heavy atom. The third-order valence-corrected chi connectivity index (χ3v) is 6.55. The maximum Gasteiger partial charge on any atom is 0.348 e. The smallest absolute Gasteiger partial charge is 0.348 e. The third kappa shape index (κ3) is 4.41. The zero-order valence-corrected chi connectivity index (χ0v) is 17.7. The number of nitrogens with two attached hydrogens (primary N) is 1. The Hall–Kier alpha value is -3.05. The maximum atomic E-state index is 12.4. The molecule has 0 aliphatic carbocycles. The van der Waals surface area contributed by atoms with Crippen LogP contribution >= 0.6 is 23.1 Å². The highest BCUT2D eigenvalue weighted by atomic mass is 32.2. The zero-order chi connectivity index (χ0) is 21.8. The van der Waals surface area contributed by atoms with Crippen LogP contribution in [0, 0.1) is 0 Å². The van der Waals surface area contributed by atoms with Gasteiger partial charge in [-0.15, -0.1) is 23.1 Å². The summed E-state index contributed by atoms with van der Waals surface area (Å²) in [4.78, 5) is 49.6. The van der Waals surface area contributed by atoms with Crippen molar-refractivity contribution in [2.24, 2.45) is 0 Å². The van der Waals surface area contributed by atoms with Crippen LogP contribution in [0.4, 0.5) is 10.7 Å². The summed E-state index contributed by atoms with van der Waals surface area (Å²) in [5, 5.41) is 2.13. The Kier molecular flexibility index (Phi) is 6.63. The number of amides is 1. The van der Waals surface area contributed by atoms with Crippen molar-refractivity contribution in [1.82, 2.24) is 0 Å². The highest BCUT2D eigenvalue weighted by molar-refractivity contribution is 8.01. The van der Waals surface area contributed by atoms with Crippen LogP contribution in [0.3, 0.4) is 0 Å².